The zero-order valence-electron chi connectivity index (χ0n) is 11.1. The summed E-state index contributed by atoms with van der Waals surface area (Å²) >= 11 is 0. The van der Waals surface area contributed by atoms with Gasteiger partial charge in [-0.1, -0.05) is 12.8 Å². The fraction of sp³-hybridized carbons (Fsp3) is 0.643. The van der Waals surface area contributed by atoms with Gasteiger partial charge in [0.2, 0.25) is 0 Å². The first-order chi connectivity index (χ1) is 8.59. The second-order valence-electron chi connectivity index (χ2n) is 5.15. The highest BCUT2D eigenvalue weighted by atomic mass is 16.3. The van der Waals surface area contributed by atoms with Crippen LogP contribution in [0.15, 0.2) is 18.3 Å². The first-order valence-corrected chi connectivity index (χ1v) is 6.64. The number of aromatic nitrogens is 1. The van der Waals surface area contributed by atoms with Crippen LogP contribution in [0.3, 0.4) is 0 Å². The lowest BCUT2D eigenvalue weighted by Crippen LogP contribution is -2.43. The standard InChI is InChI=1S/C14H22N2O2/c1-10(17)12-8-7-11(9-15-12)16(2)13-5-3-4-6-14(13)18/h7-10,13-14,17-18H,3-6H2,1-2H3. The lowest BCUT2D eigenvalue weighted by molar-refractivity contribution is 0.106. The van der Waals surface area contributed by atoms with Crippen molar-refractivity contribution >= 4 is 5.69 Å². The number of pyridine rings is 1. The van der Waals surface area contributed by atoms with E-state index >= 15 is 0 Å². The molecule has 100 valence electrons. The molecule has 4 nitrogen and oxygen atoms in total. The van der Waals surface area contributed by atoms with Crippen molar-refractivity contribution in [2.75, 3.05) is 11.9 Å². The van der Waals surface area contributed by atoms with E-state index in [0.717, 1.165) is 24.9 Å². The van der Waals surface area contributed by atoms with Gasteiger partial charge in [0, 0.05) is 7.05 Å². The Labute approximate surface area is 108 Å². The Bertz CT molecular complexity index is 378. The molecule has 0 radical (unpaired) electrons. The Hall–Kier alpha value is -1.13. The van der Waals surface area contributed by atoms with Crippen molar-refractivity contribution in [3.63, 3.8) is 0 Å². The second kappa shape index (κ2) is 5.67. The predicted molar refractivity (Wildman–Crippen MR) is 71.5 cm³/mol. The van der Waals surface area contributed by atoms with Gasteiger partial charge in [-0.3, -0.25) is 4.98 Å². The number of aliphatic hydroxyl groups excluding tert-OH is 2. The highest BCUT2D eigenvalue weighted by molar-refractivity contribution is 5.45. The number of rotatable bonds is 3. The van der Waals surface area contributed by atoms with Crippen molar-refractivity contribution in [2.24, 2.45) is 0 Å². The van der Waals surface area contributed by atoms with Crippen LogP contribution in [-0.4, -0.2) is 34.4 Å². The Morgan fingerprint density at radius 3 is 2.61 bits per heavy atom. The fourth-order valence-corrected chi connectivity index (χ4v) is 2.59. The summed E-state index contributed by atoms with van der Waals surface area (Å²) in [5.41, 5.74) is 1.67. The third-order valence-electron chi connectivity index (χ3n) is 3.80. The molecule has 0 bridgehead atoms. The molecule has 1 fully saturated rings. The van der Waals surface area contributed by atoms with Crippen molar-refractivity contribution in [3.05, 3.63) is 24.0 Å². The second-order valence-corrected chi connectivity index (χ2v) is 5.15. The summed E-state index contributed by atoms with van der Waals surface area (Å²) in [6.45, 7) is 1.70. The van der Waals surface area contributed by atoms with Crippen LogP contribution in [-0.2, 0) is 0 Å². The van der Waals surface area contributed by atoms with Crippen molar-refractivity contribution in [1.82, 2.24) is 4.98 Å². The molecule has 3 atom stereocenters. The Morgan fingerprint density at radius 2 is 2.06 bits per heavy atom. The topological polar surface area (TPSA) is 56.6 Å². The molecule has 1 aromatic heterocycles. The third kappa shape index (κ3) is 2.82. The zero-order valence-corrected chi connectivity index (χ0v) is 11.1. The molecule has 3 unspecified atom stereocenters. The van der Waals surface area contributed by atoms with Crippen LogP contribution in [0.5, 0.6) is 0 Å². The first kappa shape index (κ1) is 13.3. The number of hydrogen-bond acceptors (Lipinski definition) is 4. The molecule has 4 heteroatoms. The molecule has 0 amide bonds. The zero-order chi connectivity index (χ0) is 13.1. The fourth-order valence-electron chi connectivity index (χ4n) is 2.59. The molecule has 2 N–H and O–H groups in total. The van der Waals surface area contributed by atoms with Crippen molar-refractivity contribution in [3.8, 4) is 0 Å². The van der Waals surface area contributed by atoms with Gasteiger partial charge < -0.3 is 15.1 Å². The van der Waals surface area contributed by atoms with E-state index in [4.69, 9.17) is 0 Å². The van der Waals surface area contributed by atoms with Crippen LogP contribution in [0.4, 0.5) is 5.69 Å². The molecule has 1 aliphatic rings. The van der Waals surface area contributed by atoms with Crippen LogP contribution in [0.25, 0.3) is 0 Å². The summed E-state index contributed by atoms with van der Waals surface area (Å²) in [7, 11) is 2.00. The SMILES string of the molecule is CC(O)c1ccc(N(C)C2CCCCC2O)cn1. The summed E-state index contributed by atoms with van der Waals surface area (Å²) in [6, 6.07) is 3.97. The van der Waals surface area contributed by atoms with Crippen LogP contribution >= 0.6 is 0 Å². The molecular weight excluding hydrogens is 228 g/mol. The Kier molecular flexibility index (Phi) is 4.19. The van der Waals surface area contributed by atoms with E-state index in [1.54, 1.807) is 13.1 Å². The van der Waals surface area contributed by atoms with Gasteiger partial charge in [-0.2, -0.15) is 0 Å². The van der Waals surface area contributed by atoms with Gasteiger partial charge in [0.1, 0.15) is 0 Å². The quantitative estimate of drug-likeness (QED) is 0.860. The minimum absolute atomic E-state index is 0.179. The molecule has 1 aromatic rings. The van der Waals surface area contributed by atoms with E-state index in [0.29, 0.717) is 5.69 Å². The van der Waals surface area contributed by atoms with E-state index < -0.39 is 6.10 Å². The largest absolute Gasteiger partial charge is 0.391 e. The van der Waals surface area contributed by atoms with E-state index in [2.05, 4.69) is 9.88 Å². The maximum atomic E-state index is 10.0. The number of likely N-dealkylation sites (N-methyl/N-ethyl adjacent to an activating group) is 1. The maximum Gasteiger partial charge on any atom is 0.0931 e. The number of nitrogens with zero attached hydrogens (tertiary/aromatic N) is 2. The number of anilines is 1. The number of hydrogen-bond donors (Lipinski definition) is 2. The minimum atomic E-state index is -0.537. The molecule has 1 aliphatic carbocycles. The Balaban J connectivity index is 2.10. The molecular formula is C14H22N2O2. The average Bonchev–Trinajstić information content (AvgIpc) is 2.38. The van der Waals surface area contributed by atoms with Gasteiger partial charge >= 0.3 is 0 Å². The third-order valence-corrected chi connectivity index (χ3v) is 3.80. The van der Waals surface area contributed by atoms with Crippen molar-refractivity contribution in [1.29, 1.82) is 0 Å². The van der Waals surface area contributed by atoms with Gasteiger partial charge in [-0.25, -0.2) is 0 Å². The predicted octanol–water partition coefficient (Wildman–Crippen LogP) is 1.87. The molecule has 2 rings (SSSR count). The van der Waals surface area contributed by atoms with Gasteiger partial charge in [-0.15, -0.1) is 0 Å². The molecule has 1 saturated carbocycles. The summed E-state index contributed by atoms with van der Waals surface area (Å²) in [6.07, 6.45) is 5.17. The molecule has 1 heterocycles. The molecule has 0 spiro atoms. The molecule has 18 heavy (non-hydrogen) atoms. The average molecular weight is 250 g/mol. The van der Waals surface area contributed by atoms with Gasteiger partial charge in [0.25, 0.3) is 0 Å². The van der Waals surface area contributed by atoms with Gasteiger partial charge in [0.15, 0.2) is 0 Å². The minimum Gasteiger partial charge on any atom is -0.391 e. The van der Waals surface area contributed by atoms with Gasteiger partial charge in [0.05, 0.1) is 35.8 Å². The highest BCUT2D eigenvalue weighted by Crippen LogP contribution is 2.26. The first-order valence-electron chi connectivity index (χ1n) is 6.64. The summed E-state index contributed by atoms with van der Waals surface area (Å²) in [5.74, 6) is 0. The van der Waals surface area contributed by atoms with Crippen LogP contribution < -0.4 is 4.90 Å². The van der Waals surface area contributed by atoms with E-state index in [-0.39, 0.29) is 12.1 Å². The monoisotopic (exact) mass is 250 g/mol. The normalized spacial score (nSPS) is 25.8. The summed E-state index contributed by atoms with van der Waals surface area (Å²) < 4.78 is 0. The van der Waals surface area contributed by atoms with E-state index in [1.807, 2.05) is 19.2 Å². The lowest BCUT2D eigenvalue weighted by atomic mass is 9.91. The molecule has 0 saturated heterocycles. The van der Waals surface area contributed by atoms with Crippen molar-refractivity contribution < 1.29 is 10.2 Å². The smallest absolute Gasteiger partial charge is 0.0931 e. The summed E-state index contributed by atoms with van der Waals surface area (Å²) in [5, 5.41) is 19.5. The number of aliphatic hydroxyl groups is 2. The van der Waals surface area contributed by atoms with E-state index in [1.165, 1.54) is 6.42 Å². The lowest BCUT2D eigenvalue weighted by Gasteiger charge is -2.36. The van der Waals surface area contributed by atoms with Crippen LogP contribution in [0.2, 0.25) is 0 Å². The Morgan fingerprint density at radius 1 is 1.33 bits per heavy atom. The van der Waals surface area contributed by atoms with Crippen LogP contribution in [0, 0.1) is 0 Å². The van der Waals surface area contributed by atoms with Crippen LogP contribution in [0.1, 0.15) is 44.4 Å². The van der Waals surface area contributed by atoms with Gasteiger partial charge in [-0.05, 0) is 31.9 Å². The van der Waals surface area contributed by atoms with Crippen molar-refractivity contribution in [2.45, 2.75) is 50.9 Å². The maximum absolute atomic E-state index is 10.0. The molecule has 0 aliphatic heterocycles. The van der Waals surface area contributed by atoms with E-state index in [9.17, 15) is 10.2 Å². The highest BCUT2D eigenvalue weighted by Gasteiger charge is 2.26. The summed E-state index contributed by atoms with van der Waals surface area (Å²) in [4.78, 5) is 6.35. The molecule has 0 aromatic carbocycles.